The lowest BCUT2D eigenvalue weighted by Crippen LogP contribution is -2.29. The van der Waals surface area contributed by atoms with Crippen LogP contribution in [-0.2, 0) is 32.7 Å². The van der Waals surface area contributed by atoms with Gasteiger partial charge in [-0.1, -0.05) is 146 Å². The van der Waals surface area contributed by atoms with E-state index in [0.717, 1.165) is 97.0 Å². The maximum Gasteiger partial charge on any atom is 0.472 e. The molecule has 0 fully saturated rings. The molecule has 0 aromatic carbocycles. The van der Waals surface area contributed by atoms with Gasteiger partial charge in [-0.3, -0.25) is 18.6 Å². The van der Waals surface area contributed by atoms with E-state index in [1.165, 1.54) is 64.2 Å². The lowest BCUT2D eigenvalue weighted by atomic mass is 10.1. The standard InChI is InChI=1S/C43H77O8P/c1-4-6-8-10-12-14-16-18-20-21-22-23-24-26-28-30-32-34-36-38-43(45)51-41(40-50-52(46,47)48-3)39-49-42(44)37-35-33-31-29-27-25-19-17-15-13-11-9-7-5-2/h12,14,17-20,22-23,41H,4-11,13,15-16,21,24-40H2,1-3H3,(H,46,47)/b14-12-,19-17-,20-18-,23-22-. The van der Waals surface area contributed by atoms with Gasteiger partial charge in [-0.15, -0.1) is 0 Å². The summed E-state index contributed by atoms with van der Waals surface area (Å²) in [5.74, 6) is -0.829. The second-order valence-corrected chi connectivity index (χ2v) is 15.3. The molecule has 0 saturated heterocycles. The molecule has 2 unspecified atom stereocenters. The molecule has 0 radical (unpaired) electrons. The molecule has 0 spiro atoms. The highest BCUT2D eigenvalue weighted by molar-refractivity contribution is 7.47. The van der Waals surface area contributed by atoms with E-state index in [9.17, 15) is 19.0 Å². The predicted molar refractivity (Wildman–Crippen MR) is 216 cm³/mol. The van der Waals surface area contributed by atoms with Crippen molar-refractivity contribution in [2.75, 3.05) is 20.3 Å². The van der Waals surface area contributed by atoms with Gasteiger partial charge in [-0.25, -0.2) is 4.57 Å². The van der Waals surface area contributed by atoms with Crippen LogP contribution in [0.2, 0.25) is 0 Å². The van der Waals surface area contributed by atoms with Crippen LogP contribution in [0.4, 0.5) is 0 Å². The van der Waals surface area contributed by atoms with Crippen molar-refractivity contribution < 1.29 is 37.6 Å². The van der Waals surface area contributed by atoms with E-state index in [1.54, 1.807) is 0 Å². The molecule has 302 valence electrons. The SMILES string of the molecule is CCCCC/C=C\C/C=C\C/C=C\CCCCCCCCC(=O)OC(COC(=O)CCCCCCC/C=C\CCCCCCC)COP(=O)(O)OC. The molecule has 1 N–H and O–H groups in total. The molecule has 2 atom stereocenters. The molecule has 0 heterocycles. The van der Waals surface area contributed by atoms with Crippen molar-refractivity contribution in [3.8, 4) is 0 Å². The number of ether oxygens (including phenoxy) is 2. The summed E-state index contributed by atoms with van der Waals surface area (Å²) in [4.78, 5) is 34.4. The van der Waals surface area contributed by atoms with Gasteiger partial charge in [0.05, 0.1) is 6.61 Å². The Kier molecular flexibility index (Phi) is 37.2. The largest absolute Gasteiger partial charge is 0.472 e. The van der Waals surface area contributed by atoms with E-state index in [2.05, 4.69) is 67.0 Å². The van der Waals surface area contributed by atoms with Crippen molar-refractivity contribution in [2.24, 2.45) is 0 Å². The molecule has 9 heteroatoms. The van der Waals surface area contributed by atoms with E-state index in [4.69, 9.17) is 14.0 Å². The minimum atomic E-state index is -4.27. The van der Waals surface area contributed by atoms with Crippen LogP contribution in [0.5, 0.6) is 0 Å². The molecule has 0 rings (SSSR count). The van der Waals surface area contributed by atoms with Gasteiger partial charge < -0.3 is 14.4 Å². The van der Waals surface area contributed by atoms with Crippen LogP contribution in [-0.4, -0.2) is 43.3 Å². The lowest BCUT2D eigenvalue weighted by Gasteiger charge is -2.19. The van der Waals surface area contributed by atoms with Crippen molar-refractivity contribution in [1.29, 1.82) is 0 Å². The third-order valence-electron chi connectivity index (χ3n) is 8.80. The summed E-state index contributed by atoms with van der Waals surface area (Å²) in [5.41, 5.74) is 0. The first-order valence-corrected chi connectivity index (χ1v) is 22.3. The minimum absolute atomic E-state index is 0.227. The third-order valence-corrected chi connectivity index (χ3v) is 9.73. The molecule has 0 saturated carbocycles. The minimum Gasteiger partial charge on any atom is -0.462 e. The van der Waals surface area contributed by atoms with Gasteiger partial charge in [0.25, 0.3) is 0 Å². The smallest absolute Gasteiger partial charge is 0.462 e. The predicted octanol–water partition coefficient (Wildman–Crippen LogP) is 13.0. The second kappa shape index (κ2) is 38.7. The van der Waals surface area contributed by atoms with Crippen molar-refractivity contribution in [2.45, 2.75) is 193 Å². The van der Waals surface area contributed by atoms with Crippen molar-refractivity contribution in [1.82, 2.24) is 0 Å². The number of unbranched alkanes of at least 4 members (excludes halogenated alkanes) is 19. The molecular weight excluding hydrogens is 675 g/mol. The fraction of sp³-hybridized carbons (Fsp3) is 0.767. The van der Waals surface area contributed by atoms with E-state index >= 15 is 0 Å². The molecule has 52 heavy (non-hydrogen) atoms. The normalized spacial score (nSPS) is 13.8. The van der Waals surface area contributed by atoms with Gasteiger partial charge in [-0.2, -0.15) is 0 Å². The topological polar surface area (TPSA) is 108 Å². The van der Waals surface area contributed by atoms with Gasteiger partial charge in [-0.05, 0) is 77.0 Å². The molecule has 0 aromatic rings. The van der Waals surface area contributed by atoms with E-state index in [0.29, 0.717) is 6.42 Å². The average Bonchev–Trinajstić information content (AvgIpc) is 3.13. The Balaban J connectivity index is 4.06. The fourth-order valence-electron chi connectivity index (χ4n) is 5.54. The number of allylic oxidation sites excluding steroid dienone is 8. The number of carbonyl (C=O) groups excluding carboxylic acids is 2. The van der Waals surface area contributed by atoms with Crippen LogP contribution in [0, 0.1) is 0 Å². The first-order valence-electron chi connectivity index (χ1n) is 20.8. The van der Waals surface area contributed by atoms with Crippen LogP contribution < -0.4 is 0 Å². The molecule has 0 bridgehead atoms. The van der Waals surface area contributed by atoms with E-state index in [1.807, 2.05) is 0 Å². The summed E-state index contributed by atoms with van der Waals surface area (Å²) < 4.78 is 31.9. The Labute approximate surface area is 318 Å². The Morgan fingerprint density at radius 1 is 0.538 bits per heavy atom. The highest BCUT2D eigenvalue weighted by Crippen LogP contribution is 2.42. The summed E-state index contributed by atoms with van der Waals surface area (Å²) >= 11 is 0. The number of hydrogen-bond donors (Lipinski definition) is 1. The first-order chi connectivity index (χ1) is 25.3. The maximum atomic E-state index is 12.5. The lowest BCUT2D eigenvalue weighted by molar-refractivity contribution is -0.161. The van der Waals surface area contributed by atoms with Gasteiger partial charge >= 0.3 is 19.8 Å². The Hall–Kier alpha value is -1.99. The van der Waals surface area contributed by atoms with Gasteiger partial charge in [0.1, 0.15) is 6.61 Å². The van der Waals surface area contributed by atoms with Gasteiger partial charge in [0.2, 0.25) is 0 Å². The number of rotatable bonds is 38. The Morgan fingerprint density at radius 2 is 0.923 bits per heavy atom. The van der Waals surface area contributed by atoms with Crippen LogP contribution in [0.3, 0.4) is 0 Å². The van der Waals surface area contributed by atoms with Crippen molar-refractivity contribution >= 4 is 19.8 Å². The Bertz CT molecular complexity index is 990. The molecule has 0 aliphatic rings. The fourth-order valence-corrected chi connectivity index (χ4v) is 6.00. The second-order valence-electron chi connectivity index (χ2n) is 13.8. The van der Waals surface area contributed by atoms with Crippen LogP contribution in [0.15, 0.2) is 48.6 Å². The number of phosphoric acid groups is 1. The summed E-state index contributed by atoms with van der Waals surface area (Å²) in [6.07, 6.45) is 45.8. The number of phosphoric ester groups is 1. The highest BCUT2D eigenvalue weighted by atomic mass is 31.2. The molecule has 0 aliphatic carbocycles. The number of esters is 2. The number of hydrogen-bond acceptors (Lipinski definition) is 7. The quantitative estimate of drug-likeness (QED) is 0.0287. The zero-order valence-electron chi connectivity index (χ0n) is 33.5. The van der Waals surface area contributed by atoms with Crippen LogP contribution in [0.25, 0.3) is 0 Å². The molecule has 0 amide bonds. The van der Waals surface area contributed by atoms with Crippen molar-refractivity contribution in [3.05, 3.63) is 48.6 Å². The summed E-state index contributed by atoms with van der Waals surface area (Å²) in [6.45, 7) is 3.83. The molecule has 8 nitrogen and oxygen atoms in total. The number of carbonyl (C=O) groups is 2. The molecule has 0 aliphatic heterocycles. The van der Waals surface area contributed by atoms with Crippen LogP contribution >= 0.6 is 7.82 Å². The highest BCUT2D eigenvalue weighted by Gasteiger charge is 2.24. The van der Waals surface area contributed by atoms with E-state index in [-0.39, 0.29) is 25.4 Å². The van der Waals surface area contributed by atoms with Crippen LogP contribution in [0.1, 0.15) is 187 Å². The monoisotopic (exact) mass is 753 g/mol. The van der Waals surface area contributed by atoms with Gasteiger partial charge in [0, 0.05) is 20.0 Å². The zero-order valence-corrected chi connectivity index (χ0v) is 34.3. The van der Waals surface area contributed by atoms with E-state index < -0.39 is 26.5 Å². The van der Waals surface area contributed by atoms with Crippen molar-refractivity contribution in [3.63, 3.8) is 0 Å². The summed E-state index contributed by atoms with van der Waals surface area (Å²) in [7, 11) is -3.21. The summed E-state index contributed by atoms with van der Waals surface area (Å²) in [5, 5.41) is 0. The third kappa shape index (κ3) is 37.8. The average molecular weight is 753 g/mol. The van der Waals surface area contributed by atoms with Gasteiger partial charge in [0.15, 0.2) is 6.10 Å². The molecular formula is C43H77O8P. The Morgan fingerprint density at radius 3 is 1.42 bits per heavy atom. The zero-order chi connectivity index (χ0) is 38.2. The maximum absolute atomic E-state index is 12.5. The molecule has 0 aromatic heterocycles. The first kappa shape index (κ1) is 50.0. The summed E-state index contributed by atoms with van der Waals surface area (Å²) in [6, 6.07) is 0.